The molecule has 4 rings (SSSR count). The molecule has 0 aliphatic carbocycles. The minimum absolute atomic E-state index is 0. The van der Waals surface area contributed by atoms with Gasteiger partial charge in [-0.15, -0.1) is 35.9 Å². The predicted octanol–water partition coefficient (Wildman–Crippen LogP) is 4.41. The van der Waals surface area contributed by atoms with E-state index < -0.39 is 5.97 Å². The van der Waals surface area contributed by atoms with Gasteiger partial charge in [-0.3, -0.25) is 9.78 Å². The van der Waals surface area contributed by atoms with E-state index in [9.17, 15) is 4.79 Å². The van der Waals surface area contributed by atoms with E-state index in [4.69, 9.17) is 5.11 Å². The van der Waals surface area contributed by atoms with Gasteiger partial charge in [-0.05, 0) is 23.2 Å². The molecule has 0 amide bonds. The normalized spacial score (nSPS) is 9.63. The second-order valence-corrected chi connectivity index (χ2v) is 5.54. The second kappa shape index (κ2) is 10.3. The van der Waals surface area contributed by atoms with Crippen molar-refractivity contribution in [1.29, 1.82) is 0 Å². The van der Waals surface area contributed by atoms with Crippen LogP contribution in [0.3, 0.4) is 0 Å². The van der Waals surface area contributed by atoms with Gasteiger partial charge >= 0.3 is 5.97 Å². The fourth-order valence-corrected chi connectivity index (χ4v) is 2.54. The fourth-order valence-electron chi connectivity index (χ4n) is 2.54. The van der Waals surface area contributed by atoms with Crippen molar-refractivity contribution in [2.45, 2.75) is 6.42 Å². The number of carboxylic acids is 1. The Morgan fingerprint density at radius 2 is 1.67 bits per heavy atom. The number of nitrogens with zero attached hydrogens (tertiary/aromatic N) is 2. The van der Waals surface area contributed by atoms with Crippen LogP contribution >= 0.6 is 0 Å². The first kappa shape index (κ1) is 20.4. The van der Waals surface area contributed by atoms with E-state index in [0.29, 0.717) is 5.69 Å². The molecule has 0 aliphatic rings. The Hall–Kier alpha value is -2.88. The molecule has 0 spiro atoms. The van der Waals surface area contributed by atoms with Crippen LogP contribution in [-0.2, 0) is 31.3 Å². The standard InChI is InChI=1S/C11H9NO2.C11H8N.Ir/c13-11(14)7-10-9-4-2-1-3-8(9)5-6-12-10;1-2-6-10(7-3-1)11-8-4-5-9-12-11;/h1-6H,7H2,(H,13,14);1-6,8-9H;/q;-1;. The van der Waals surface area contributed by atoms with Gasteiger partial charge in [0.05, 0.1) is 12.1 Å². The van der Waals surface area contributed by atoms with Crippen molar-refractivity contribution in [3.63, 3.8) is 0 Å². The number of aliphatic carboxylic acids is 1. The number of aromatic nitrogens is 2. The maximum Gasteiger partial charge on any atom is 0.309 e. The van der Waals surface area contributed by atoms with Gasteiger partial charge in [0.2, 0.25) is 0 Å². The van der Waals surface area contributed by atoms with Gasteiger partial charge in [0, 0.05) is 37.9 Å². The van der Waals surface area contributed by atoms with Gasteiger partial charge in [0.1, 0.15) is 0 Å². The van der Waals surface area contributed by atoms with Crippen LogP contribution in [0.5, 0.6) is 0 Å². The molecule has 137 valence electrons. The summed E-state index contributed by atoms with van der Waals surface area (Å²) >= 11 is 0. The molecule has 0 saturated carbocycles. The molecule has 5 heteroatoms. The van der Waals surface area contributed by atoms with Crippen LogP contribution in [-0.4, -0.2) is 21.0 Å². The molecule has 0 atom stereocenters. The average Bonchev–Trinajstić information content (AvgIpc) is 2.70. The minimum Gasteiger partial charge on any atom is -0.481 e. The molecule has 27 heavy (non-hydrogen) atoms. The van der Waals surface area contributed by atoms with Crippen LogP contribution in [0.2, 0.25) is 0 Å². The molecule has 2 aromatic carbocycles. The summed E-state index contributed by atoms with van der Waals surface area (Å²) in [4.78, 5) is 18.9. The number of carboxylic acid groups (broad SMARTS) is 1. The molecule has 1 N–H and O–H groups in total. The predicted molar refractivity (Wildman–Crippen MR) is 102 cm³/mol. The monoisotopic (exact) mass is 534 g/mol. The van der Waals surface area contributed by atoms with Gasteiger partial charge in [0.15, 0.2) is 0 Å². The Morgan fingerprint density at radius 3 is 2.37 bits per heavy atom. The fraction of sp³-hybridized carbons (Fsp3) is 0.0455. The number of carbonyl (C=O) groups is 1. The Bertz CT molecular complexity index is 950. The molecular weight excluding hydrogens is 516 g/mol. The summed E-state index contributed by atoms with van der Waals surface area (Å²) < 4.78 is 0. The van der Waals surface area contributed by atoms with Crippen molar-refractivity contribution >= 4 is 16.7 Å². The van der Waals surface area contributed by atoms with Crippen LogP contribution in [0, 0.1) is 6.07 Å². The van der Waals surface area contributed by atoms with Crippen molar-refractivity contribution in [3.05, 3.63) is 97.0 Å². The number of rotatable bonds is 3. The van der Waals surface area contributed by atoms with E-state index in [-0.39, 0.29) is 26.5 Å². The maximum atomic E-state index is 10.6. The molecule has 4 nitrogen and oxygen atoms in total. The molecule has 0 bridgehead atoms. The van der Waals surface area contributed by atoms with Gasteiger partial charge < -0.3 is 10.1 Å². The van der Waals surface area contributed by atoms with Crippen molar-refractivity contribution in [2.24, 2.45) is 0 Å². The van der Waals surface area contributed by atoms with E-state index >= 15 is 0 Å². The number of benzene rings is 2. The van der Waals surface area contributed by atoms with Crippen LogP contribution in [0.4, 0.5) is 0 Å². The van der Waals surface area contributed by atoms with E-state index in [1.54, 1.807) is 12.4 Å². The molecule has 2 heterocycles. The molecule has 0 fully saturated rings. The first-order valence-corrected chi connectivity index (χ1v) is 8.16. The number of hydrogen-bond acceptors (Lipinski definition) is 3. The smallest absolute Gasteiger partial charge is 0.309 e. The zero-order valence-corrected chi connectivity index (χ0v) is 16.8. The van der Waals surface area contributed by atoms with Crippen molar-refractivity contribution < 1.29 is 30.0 Å². The third-order valence-electron chi connectivity index (χ3n) is 3.72. The summed E-state index contributed by atoms with van der Waals surface area (Å²) in [6.45, 7) is 0. The molecule has 0 aliphatic heterocycles. The van der Waals surface area contributed by atoms with Gasteiger partial charge in [-0.2, -0.15) is 0 Å². The summed E-state index contributed by atoms with van der Waals surface area (Å²) in [5, 5.41) is 10.6. The number of fused-ring (bicyclic) bond motifs is 1. The number of hydrogen-bond donors (Lipinski definition) is 1. The van der Waals surface area contributed by atoms with Gasteiger partial charge in [0.25, 0.3) is 0 Å². The van der Waals surface area contributed by atoms with Crippen LogP contribution < -0.4 is 0 Å². The van der Waals surface area contributed by atoms with Crippen LogP contribution in [0.25, 0.3) is 22.0 Å². The summed E-state index contributed by atoms with van der Waals surface area (Å²) in [5.41, 5.74) is 2.63. The van der Waals surface area contributed by atoms with E-state index in [1.807, 2.05) is 72.8 Å². The summed E-state index contributed by atoms with van der Waals surface area (Å²) in [7, 11) is 0. The summed E-state index contributed by atoms with van der Waals surface area (Å²) in [6.07, 6.45) is 3.40. The van der Waals surface area contributed by atoms with Crippen LogP contribution in [0.1, 0.15) is 5.69 Å². The summed E-state index contributed by atoms with van der Waals surface area (Å²) in [5.74, 6) is -0.853. The largest absolute Gasteiger partial charge is 0.481 e. The third-order valence-corrected chi connectivity index (χ3v) is 3.72. The van der Waals surface area contributed by atoms with Crippen LogP contribution in [0.15, 0.2) is 85.2 Å². The van der Waals surface area contributed by atoms with Crippen molar-refractivity contribution in [1.82, 2.24) is 9.97 Å². The molecule has 2 aromatic heterocycles. The maximum absolute atomic E-state index is 10.6. The number of pyridine rings is 2. The van der Waals surface area contributed by atoms with Gasteiger partial charge in [-0.1, -0.05) is 36.4 Å². The van der Waals surface area contributed by atoms with E-state index in [2.05, 4.69) is 16.0 Å². The first-order valence-electron chi connectivity index (χ1n) is 8.16. The average molecular weight is 534 g/mol. The zero-order valence-electron chi connectivity index (χ0n) is 14.4. The second-order valence-electron chi connectivity index (χ2n) is 5.54. The Morgan fingerprint density at radius 1 is 0.889 bits per heavy atom. The molecular formula is C22H17IrN2O2-. The first-order chi connectivity index (χ1) is 12.7. The third kappa shape index (κ3) is 5.81. The minimum atomic E-state index is -0.853. The quantitative estimate of drug-likeness (QED) is 0.397. The Kier molecular flexibility index (Phi) is 7.80. The zero-order chi connectivity index (χ0) is 18.2. The molecule has 0 unspecified atom stereocenters. The summed E-state index contributed by atoms with van der Waals surface area (Å²) in [6, 6.07) is 26.3. The SMILES string of the molecule is O=C(O)Cc1nccc2ccccc12.[Ir].[c-]1ccccc1-c1ccccn1. The molecule has 4 aromatic rings. The van der Waals surface area contributed by atoms with E-state index in [1.165, 1.54) is 0 Å². The van der Waals surface area contributed by atoms with Crippen molar-refractivity contribution in [3.8, 4) is 11.3 Å². The topological polar surface area (TPSA) is 63.1 Å². The molecule has 0 saturated heterocycles. The Labute approximate surface area is 171 Å². The molecule has 1 radical (unpaired) electrons. The van der Waals surface area contributed by atoms with Crippen molar-refractivity contribution in [2.75, 3.05) is 0 Å². The van der Waals surface area contributed by atoms with Gasteiger partial charge in [-0.25, -0.2) is 0 Å². The Balaban J connectivity index is 0.000000189. The van der Waals surface area contributed by atoms with E-state index in [0.717, 1.165) is 22.0 Å².